The summed E-state index contributed by atoms with van der Waals surface area (Å²) in [6, 6.07) is 0. The molecule has 0 atom stereocenters. The molecule has 6 heteroatoms. The van der Waals surface area contributed by atoms with E-state index in [-0.39, 0.29) is 0 Å². The molecule has 0 aliphatic carbocycles. The molecule has 0 saturated carbocycles. The highest BCUT2D eigenvalue weighted by atomic mass is 79.9. The summed E-state index contributed by atoms with van der Waals surface area (Å²) >= 11 is 3.46. The van der Waals surface area contributed by atoms with Crippen molar-refractivity contribution in [3.8, 4) is 0 Å². The van der Waals surface area contributed by atoms with E-state index in [1.807, 2.05) is 26.0 Å². The van der Waals surface area contributed by atoms with Crippen LogP contribution in [0.15, 0.2) is 4.47 Å². The maximum absolute atomic E-state index is 5.11. The highest BCUT2D eigenvalue weighted by molar-refractivity contribution is 9.10. The molecule has 0 radical (unpaired) electrons. The summed E-state index contributed by atoms with van der Waals surface area (Å²) in [6.07, 6.45) is 0. The van der Waals surface area contributed by atoms with Crippen LogP contribution in [0, 0.1) is 0 Å². The molecule has 0 aliphatic rings. The molecule has 90 valence electrons. The third kappa shape index (κ3) is 3.40. The monoisotopic (exact) mass is 288 g/mol. The van der Waals surface area contributed by atoms with Gasteiger partial charge in [0.2, 0.25) is 0 Å². The molecular formula is C10H17BrN4O. The Morgan fingerprint density at radius 1 is 1.38 bits per heavy atom. The molecule has 1 aromatic heterocycles. The third-order valence-corrected chi connectivity index (χ3v) is 2.77. The third-order valence-electron chi connectivity index (χ3n) is 1.94. The number of methoxy groups -OCH3 is 1. The van der Waals surface area contributed by atoms with Crippen LogP contribution in [0.5, 0.6) is 0 Å². The number of anilines is 1. The standard InChI is InChI=1S/C10H17BrN4O/c1-12-10-9(11)7(6-16-4)13-8(14-10)5-15(2)3/h5-6H2,1-4H3,(H,12,13,14). The Hall–Kier alpha value is -0.720. The van der Waals surface area contributed by atoms with Crippen LogP contribution in [0.4, 0.5) is 5.82 Å². The van der Waals surface area contributed by atoms with Gasteiger partial charge in [-0.1, -0.05) is 0 Å². The van der Waals surface area contributed by atoms with Gasteiger partial charge in [0.1, 0.15) is 11.6 Å². The van der Waals surface area contributed by atoms with Crippen molar-refractivity contribution in [1.29, 1.82) is 0 Å². The first-order chi connectivity index (χ1) is 7.58. The Labute approximate surface area is 104 Å². The van der Waals surface area contributed by atoms with Crippen molar-refractivity contribution in [2.24, 2.45) is 0 Å². The van der Waals surface area contributed by atoms with Crippen LogP contribution in [0.2, 0.25) is 0 Å². The second kappa shape index (κ2) is 6.12. The van der Waals surface area contributed by atoms with Crippen molar-refractivity contribution in [2.45, 2.75) is 13.2 Å². The van der Waals surface area contributed by atoms with Crippen LogP contribution in [0.1, 0.15) is 11.5 Å². The second-order valence-corrected chi connectivity index (χ2v) is 4.46. The lowest BCUT2D eigenvalue weighted by Crippen LogP contribution is -2.15. The number of rotatable bonds is 5. The average molecular weight is 289 g/mol. The van der Waals surface area contributed by atoms with Gasteiger partial charge in [-0.3, -0.25) is 0 Å². The molecule has 16 heavy (non-hydrogen) atoms. The van der Waals surface area contributed by atoms with Crippen LogP contribution in [0.25, 0.3) is 0 Å². The number of ether oxygens (including phenoxy) is 1. The van der Waals surface area contributed by atoms with Gasteiger partial charge in [0.25, 0.3) is 0 Å². The maximum atomic E-state index is 5.11. The fraction of sp³-hybridized carbons (Fsp3) is 0.600. The molecular weight excluding hydrogens is 272 g/mol. The zero-order valence-electron chi connectivity index (χ0n) is 10.0. The summed E-state index contributed by atoms with van der Waals surface area (Å²) < 4.78 is 5.97. The molecule has 0 aliphatic heterocycles. The first kappa shape index (κ1) is 13.3. The normalized spacial score (nSPS) is 10.9. The molecule has 0 saturated heterocycles. The number of nitrogens with one attached hydrogen (secondary N) is 1. The van der Waals surface area contributed by atoms with Crippen LogP contribution in [-0.4, -0.2) is 43.1 Å². The largest absolute Gasteiger partial charge is 0.378 e. The van der Waals surface area contributed by atoms with Crippen molar-refractivity contribution in [3.05, 3.63) is 16.0 Å². The lowest BCUT2D eigenvalue weighted by atomic mass is 10.4. The van der Waals surface area contributed by atoms with E-state index in [2.05, 4.69) is 31.2 Å². The van der Waals surface area contributed by atoms with E-state index in [4.69, 9.17) is 4.74 Å². The van der Waals surface area contributed by atoms with Gasteiger partial charge in [-0.2, -0.15) is 0 Å². The van der Waals surface area contributed by atoms with Gasteiger partial charge in [-0.05, 0) is 30.0 Å². The van der Waals surface area contributed by atoms with Crippen molar-refractivity contribution >= 4 is 21.7 Å². The van der Waals surface area contributed by atoms with E-state index in [0.29, 0.717) is 13.2 Å². The van der Waals surface area contributed by atoms with Crippen LogP contribution >= 0.6 is 15.9 Å². The quantitative estimate of drug-likeness (QED) is 0.890. The predicted octanol–water partition coefficient (Wildman–Crippen LogP) is 1.49. The van der Waals surface area contributed by atoms with Gasteiger partial charge in [-0.25, -0.2) is 9.97 Å². The Morgan fingerprint density at radius 2 is 2.06 bits per heavy atom. The summed E-state index contributed by atoms with van der Waals surface area (Å²) in [5.74, 6) is 1.57. The van der Waals surface area contributed by atoms with Crippen molar-refractivity contribution in [1.82, 2.24) is 14.9 Å². The van der Waals surface area contributed by atoms with Crippen LogP contribution < -0.4 is 5.32 Å². The molecule has 1 rings (SSSR count). The minimum Gasteiger partial charge on any atom is -0.378 e. The van der Waals surface area contributed by atoms with Crippen molar-refractivity contribution in [3.63, 3.8) is 0 Å². The van der Waals surface area contributed by atoms with Crippen molar-refractivity contribution in [2.75, 3.05) is 33.6 Å². The summed E-state index contributed by atoms with van der Waals surface area (Å²) in [6.45, 7) is 1.18. The molecule has 0 spiro atoms. The molecule has 5 nitrogen and oxygen atoms in total. The Bertz CT molecular complexity index is 357. The number of halogens is 1. The zero-order chi connectivity index (χ0) is 12.1. The van der Waals surface area contributed by atoms with Crippen LogP contribution in [-0.2, 0) is 17.9 Å². The molecule has 0 unspecified atom stereocenters. The first-order valence-electron chi connectivity index (χ1n) is 4.95. The van der Waals surface area contributed by atoms with Gasteiger partial charge in [0, 0.05) is 14.2 Å². The minimum absolute atomic E-state index is 0.470. The zero-order valence-corrected chi connectivity index (χ0v) is 11.6. The van der Waals surface area contributed by atoms with E-state index < -0.39 is 0 Å². The van der Waals surface area contributed by atoms with Gasteiger partial charge in [-0.15, -0.1) is 0 Å². The van der Waals surface area contributed by atoms with E-state index in [0.717, 1.165) is 21.8 Å². The fourth-order valence-electron chi connectivity index (χ4n) is 1.30. The molecule has 0 fully saturated rings. The number of hydrogen-bond donors (Lipinski definition) is 1. The van der Waals surface area contributed by atoms with Gasteiger partial charge < -0.3 is 15.0 Å². The van der Waals surface area contributed by atoms with Gasteiger partial charge >= 0.3 is 0 Å². The number of aromatic nitrogens is 2. The molecule has 1 heterocycles. The molecule has 0 amide bonds. The topological polar surface area (TPSA) is 50.3 Å². The SMILES string of the molecule is CNc1nc(CN(C)C)nc(COC)c1Br. The van der Waals surface area contributed by atoms with Gasteiger partial charge in [0.15, 0.2) is 0 Å². The Kier molecular flexibility index (Phi) is 5.11. The highest BCUT2D eigenvalue weighted by Gasteiger charge is 2.11. The molecule has 1 N–H and O–H groups in total. The second-order valence-electron chi connectivity index (χ2n) is 3.67. The lowest BCUT2D eigenvalue weighted by molar-refractivity contribution is 0.180. The highest BCUT2D eigenvalue weighted by Crippen LogP contribution is 2.23. The van der Waals surface area contributed by atoms with E-state index in [1.165, 1.54) is 0 Å². The predicted molar refractivity (Wildman–Crippen MR) is 67.4 cm³/mol. The number of nitrogens with zero attached hydrogens (tertiary/aromatic N) is 3. The summed E-state index contributed by atoms with van der Waals surface area (Å²) in [7, 11) is 7.46. The molecule has 0 aromatic carbocycles. The minimum atomic E-state index is 0.470. The Morgan fingerprint density at radius 3 is 2.56 bits per heavy atom. The van der Waals surface area contributed by atoms with E-state index in [1.54, 1.807) is 7.11 Å². The Balaban J connectivity index is 3.07. The fourth-order valence-corrected chi connectivity index (χ4v) is 1.79. The van der Waals surface area contributed by atoms with E-state index >= 15 is 0 Å². The smallest absolute Gasteiger partial charge is 0.145 e. The summed E-state index contributed by atoms with van der Waals surface area (Å²) in [4.78, 5) is 10.9. The first-order valence-corrected chi connectivity index (χ1v) is 5.74. The number of hydrogen-bond acceptors (Lipinski definition) is 5. The maximum Gasteiger partial charge on any atom is 0.145 e. The average Bonchev–Trinajstić information content (AvgIpc) is 2.22. The molecule has 0 bridgehead atoms. The van der Waals surface area contributed by atoms with Gasteiger partial charge in [0.05, 0.1) is 23.3 Å². The summed E-state index contributed by atoms with van der Waals surface area (Å²) in [5, 5.41) is 3.04. The summed E-state index contributed by atoms with van der Waals surface area (Å²) in [5.41, 5.74) is 0.860. The van der Waals surface area contributed by atoms with Crippen LogP contribution in [0.3, 0.4) is 0 Å². The van der Waals surface area contributed by atoms with E-state index in [9.17, 15) is 0 Å². The molecule has 1 aromatic rings. The van der Waals surface area contributed by atoms with Crippen molar-refractivity contribution < 1.29 is 4.74 Å². The lowest BCUT2D eigenvalue weighted by Gasteiger charge is -2.13.